The molecule has 0 aliphatic rings. The molecule has 0 aliphatic heterocycles. The van der Waals surface area contributed by atoms with E-state index in [2.05, 4.69) is 40.4 Å². The molecule has 1 aromatic rings. The third kappa shape index (κ3) is 4.33. The van der Waals surface area contributed by atoms with Crippen LogP contribution >= 0.6 is 15.9 Å². The number of amides is 2. The standard InChI is InChI=1S/C14H21BrN2O/c1-4-11(5-2)17-14(18)16-10(3)12-8-6-7-9-13(12)15/h6-11H,4-5H2,1-3H3,(H2,16,17,18)/t10-/m0/s1. The number of hydrogen-bond donors (Lipinski definition) is 2. The topological polar surface area (TPSA) is 41.1 Å². The van der Waals surface area contributed by atoms with Gasteiger partial charge in [0, 0.05) is 10.5 Å². The molecule has 0 bridgehead atoms. The Kier molecular flexibility index (Phi) is 6.19. The number of benzene rings is 1. The highest BCUT2D eigenvalue weighted by Gasteiger charge is 2.13. The van der Waals surface area contributed by atoms with Crippen molar-refractivity contribution in [3.63, 3.8) is 0 Å². The molecule has 1 atom stereocenters. The van der Waals surface area contributed by atoms with Gasteiger partial charge in [-0.3, -0.25) is 0 Å². The van der Waals surface area contributed by atoms with E-state index in [9.17, 15) is 4.79 Å². The van der Waals surface area contributed by atoms with Crippen molar-refractivity contribution in [3.8, 4) is 0 Å². The predicted octanol–water partition coefficient (Wildman–Crippen LogP) is 4.00. The van der Waals surface area contributed by atoms with E-state index in [1.165, 1.54) is 0 Å². The molecule has 1 rings (SSSR count). The minimum Gasteiger partial charge on any atom is -0.335 e. The molecule has 18 heavy (non-hydrogen) atoms. The van der Waals surface area contributed by atoms with Gasteiger partial charge in [-0.1, -0.05) is 48.0 Å². The summed E-state index contributed by atoms with van der Waals surface area (Å²) in [5, 5.41) is 5.93. The van der Waals surface area contributed by atoms with Gasteiger partial charge >= 0.3 is 6.03 Å². The lowest BCUT2D eigenvalue weighted by Gasteiger charge is -2.19. The van der Waals surface area contributed by atoms with Crippen LogP contribution in [0.4, 0.5) is 4.79 Å². The van der Waals surface area contributed by atoms with Crippen LogP contribution in [0.25, 0.3) is 0 Å². The van der Waals surface area contributed by atoms with Crippen LogP contribution < -0.4 is 10.6 Å². The Balaban J connectivity index is 2.57. The number of hydrogen-bond acceptors (Lipinski definition) is 1. The fourth-order valence-corrected chi connectivity index (χ4v) is 2.45. The van der Waals surface area contributed by atoms with Gasteiger partial charge in [-0.15, -0.1) is 0 Å². The second kappa shape index (κ2) is 7.41. The summed E-state index contributed by atoms with van der Waals surface area (Å²) in [6.07, 6.45) is 1.90. The zero-order valence-electron chi connectivity index (χ0n) is 11.2. The molecule has 100 valence electrons. The molecule has 0 unspecified atom stereocenters. The van der Waals surface area contributed by atoms with E-state index in [0.29, 0.717) is 0 Å². The quantitative estimate of drug-likeness (QED) is 0.847. The average Bonchev–Trinajstić information content (AvgIpc) is 2.36. The van der Waals surface area contributed by atoms with Crippen molar-refractivity contribution in [2.24, 2.45) is 0 Å². The van der Waals surface area contributed by atoms with Crippen molar-refractivity contribution in [1.29, 1.82) is 0 Å². The van der Waals surface area contributed by atoms with Crippen LogP contribution in [0.1, 0.15) is 45.2 Å². The summed E-state index contributed by atoms with van der Waals surface area (Å²) in [4.78, 5) is 11.8. The van der Waals surface area contributed by atoms with Gasteiger partial charge in [0.2, 0.25) is 0 Å². The Morgan fingerprint density at radius 2 is 1.83 bits per heavy atom. The van der Waals surface area contributed by atoms with E-state index in [1.807, 2.05) is 31.2 Å². The van der Waals surface area contributed by atoms with E-state index in [4.69, 9.17) is 0 Å². The van der Waals surface area contributed by atoms with Crippen LogP contribution in [-0.2, 0) is 0 Å². The Labute approximate surface area is 117 Å². The van der Waals surface area contributed by atoms with Crippen LogP contribution in [0.15, 0.2) is 28.7 Å². The first-order valence-electron chi connectivity index (χ1n) is 6.39. The molecule has 4 heteroatoms. The van der Waals surface area contributed by atoms with E-state index >= 15 is 0 Å². The summed E-state index contributed by atoms with van der Waals surface area (Å²) >= 11 is 3.49. The summed E-state index contributed by atoms with van der Waals surface area (Å²) in [5.74, 6) is 0. The fraction of sp³-hybridized carbons (Fsp3) is 0.500. The van der Waals surface area contributed by atoms with E-state index in [1.54, 1.807) is 0 Å². The number of rotatable bonds is 5. The van der Waals surface area contributed by atoms with Gasteiger partial charge in [-0.2, -0.15) is 0 Å². The van der Waals surface area contributed by atoms with E-state index < -0.39 is 0 Å². The van der Waals surface area contributed by atoms with Crippen molar-refractivity contribution < 1.29 is 4.79 Å². The molecule has 0 heterocycles. The SMILES string of the molecule is CCC(CC)NC(=O)N[C@@H](C)c1ccccc1Br. The number of nitrogens with one attached hydrogen (secondary N) is 2. The molecule has 1 aromatic carbocycles. The highest BCUT2D eigenvalue weighted by Crippen LogP contribution is 2.22. The average molecular weight is 313 g/mol. The van der Waals surface area contributed by atoms with Crippen LogP contribution in [0.2, 0.25) is 0 Å². The first-order valence-corrected chi connectivity index (χ1v) is 7.19. The monoisotopic (exact) mass is 312 g/mol. The van der Waals surface area contributed by atoms with Gasteiger partial charge in [0.15, 0.2) is 0 Å². The molecule has 0 aliphatic carbocycles. The van der Waals surface area contributed by atoms with Gasteiger partial charge in [0.05, 0.1) is 6.04 Å². The summed E-state index contributed by atoms with van der Waals surface area (Å²) in [6.45, 7) is 6.13. The van der Waals surface area contributed by atoms with Gasteiger partial charge < -0.3 is 10.6 Å². The molecule has 0 fully saturated rings. The number of halogens is 1. The van der Waals surface area contributed by atoms with E-state index in [0.717, 1.165) is 22.9 Å². The minimum atomic E-state index is -0.105. The summed E-state index contributed by atoms with van der Waals surface area (Å²) in [5.41, 5.74) is 1.08. The third-order valence-corrected chi connectivity index (χ3v) is 3.76. The van der Waals surface area contributed by atoms with Crippen LogP contribution in [0.3, 0.4) is 0 Å². The lowest BCUT2D eigenvalue weighted by molar-refractivity contribution is 0.233. The molecule has 0 aromatic heterocycles. The van der Waals surface area contributed by atoms with Crippen molar-refractivity contribution in [2.45, 2.75) is 45.7 Å². The highest BCUT2D eigenvalue weighted by molar-refractivity contribution is 9.10. The maximum atomic E-state index is 11.8. The lowest BCUT2D eigenvalue weighted by atomic mass is 10.1. The smallest absolute Gasteiger partial charge is 0.315 e. The van der Waals surface area contributed by atoms with Gasteiger partial charge in [0.25, 0.3) is 0 Å². The third-order valence-electron chi connectivity index (χ3n) is 3.04. The van der Waals surface area contributed by atoms with E-state index in [-0.39, 0.29) is 18.1 Å². The molecular formula is C14H21BrN2O. The number of carbonyl (C=O) groups excluding carboxylic acids is 1. The van der Waals surface area contributed by atoms with Gasteiger partial charge in [0.1, 0.15) is 0 Å². The molecule has 2 amide bonds. The number of carbonyl (C=O) groups is 1. The Bertz CT molecular complexity index is 391. The maximum absolute atomic E-state index is 11.8. The summed E-state index contributed by atoms with van der Waals surface area (Å²) in [6, 6.07) is 8.04. The van der Waals surface area contributed by atoms with Crippen molar-refractivity contribution in [2.75, 3.05) is 0 Å². The zero-order chi connectivity index (χ0) is 13.5. The molecule has 0 saturated carbocycles. The highest BCUT2D eigenvalue weighted by atomic mass is 79.9. The number of urea groups is 1. The summed E-state index contributed by atoms with van der Waals surface area (Å²) < 4.78 is 1.01. The largest absolute Gasteiger partial charge is 0.335 e. The molecule has 0 saturated heterocycles. The molecular weight excluding hydrogens is 292 g/mol. The first kappa shape index (κ1) is 15.0. The second-order valence-corrected chi connectivity index (χ2v) is 5.23. The first-order chi connectivity index (χ1) is 8.58. The Morgan fingerprint density at radius 1 is 1.22 bits per heavy atom. The molecule has 3 nitrogen and oxygen atoms in total. The maximum Gasteiger partial charge on any atom is 0.315 e. The predicted molar refractivity (Wildman–Crippen MR) is 78.6 cm³/mol. The fourth-order valence-electron chi connectivity index (χ4n) is 1.82. The lowest BCUT2D eigenvalue weighted by Crippen LogP contribution is -2.42. The van der Waals surface area contributed by atoms with Crippen molar-refractivity contribution in [1.82, 2.24) is 10.6 Å². The van der Waals surface area contributed by atoms with Gasteiger partial charge in [-0.25, -0.2) is 4.79 Å². The van der Waals surface area contributed by atoms with Crippen molar-refractivity contribution >= 4 is 22.0 Å². The van der Waals surface area contributed by atoms with Crippen LogP contribution in [-0.4, -0.2) is 12.1 Å². The Hall–Kier alpha value is -1.03. The second-order valence-electron chi connectivity index (χ2n) is 4.37. The summed E-state index contributed by atoms with van der Waals surface area (Å²) in [7, 11) is 0. The van der Waals surface area contributed by atoms with Crippen LogP contribution in [0.5, 0.6) is 0 Å². The molecule has 0 spiro atoms. The molecule has 0 radical (unpaired) electrons. The minimum absolute atomic E-state index is 0.0186. The zero-order valence-corrected chi connectivity index (χ0v) is 12.8. The van der Waals surface area contributed by atoms with Crippen LogP contribution in [0, 0.1) is 0 Å². The molecule has 2 N–H and O–H groups in total. The van der Waals surface area contributed by atoms with Gasteiger partial charge in [-0.05, 0) is 31.4 Å². The normalized spacial score (nSPS) is 12.3. The van der Waals surface area contributed by atoms with Crippen molar-refractivity contribution in [3.05, 3.63) is 34.3 Å². The Morgan fingerprint density at radius 3 is 2.39 bits per heavy atom.